The van der Waals surface area contributed by atoms with Crippen molar-refractivity contribution in [2.45, 2.75) is 70.8 Å². The van der Waals surface area contributed by atoms with Gasteiger partial charge in [0, 0.05) is 35.6 Å². The molecule has 1 aliphatic carbocycles. The molecule has 0 fully saturated rings. The summed E-state index contributed by atoms with van der Waals surface area (Å²) in [5.41, 5.74) is 3.52. The van der Waals surface area contributed by atoms with Crippen molar-refractivity contribution in [3.05, 3.63) is 70.9 Å². The Morgan fingerprint density at radius 3 is 2.48 bits per heavy atom. The molecule has 0 aromatic heterocycles. The zero-order valence-corrected chi connectivity index (χ0v) is 19.7. The standard InChI is InChI=1S/C28H33NO4/c1-4-14-32-21-12-10-19(11-13-21)20-15-24-28(25(30)16-20)23(17-27(31)29-24)22-8-6-7-9-26(22)33-18(3)5-2/h6-13,18,20,23H,4-5,14-17H2,1-3H3,(H,29,31). The molecule has 2 aromatic carbocycles. The normalized spacial score (nSPS) is 21.3. The lowest BCUT2D eigenvalue weighted by molar-refractivity contribution is -0.122. The summed E-state index contributed by atoms with van der Waals surface area (Å²) in [5.74, 6) is 1.43. The summed E-state index contributed by atoms with van der Waals surface area (Å²) in [5, 5.41) is 3.01. The maximum atomic E-state index is 13.4. The molecule has 33 heavy (non-hydrogen) atoms. The number of ether oxygens (including phenoxy) is 2. The Morgan fingerprint density at radius 2 is 1.76 bits per heavy atom. The maximum Gasteiger partial charge on any atom is 0.225 e. The number of amides is 1. The Kier molecular flexibility index (Phi) is 7.17. The van der Waals surface area contributed by atoms with Crippen LogP contribution in [0.15, 0.2) is 59.8 Å². The van der Waals surface area contributed by atoms with Gasteiger partial charge in [-0.3, -0.25) is 9.59 Å². The van der Waals surface area contributed by atoms with Crippen LogP contribution in [0, 0.1) is 0 Å². The second kappa shape index (κ2) is 10.2. The highest BCUT2D eigenvalue weighted by atomic mass is 16.5. The molecule has 1 aliphatic heterocycles. The molecule has 2 aromatic rings. The molecule has 0 saturated heterocycles. The lowest BCUT2D eigenvalue weighted by Crippen LogP contribution is -2.38. The summed E-state index contributed by atoms with van der Waals surface area (Å²) in [4.78, 5) is 26.1. The largest absolute Gasteiger partial charge is 0.494 e. The van der Waals surface area contributed by atoms with Crippen molar-refractivity contribution in [2.75, 3.05) is 6.61 Å². The van der Waals surface area contributed by atoms with Crippen LogP contribution < -0.4 is 14.8 Å². The van der Waals surface area contributed by atoms with E-state index in [1.165, 1.54) is 0 Å². The molecule has 0 bridgehead atoms. The first-order chi connectivity index (χ1) is 16.0. The summed E-state index contributed by atoms with van der Waals surface area (Å²) in [6.45, 7) is 6.88. The molecule has 1 amide bonds. The number of para-hydroxylation sites is 1. The van der Waals surface area contributed by atoms with Gasteiger partial charge in [0.1, 0.15) is 11.5 Å². The first kappa shape index (κ1) is 23.1. The molecule has 0 radical (unpaired) electrons. The van der Waals surface area contributed by atoms with Crippen molar-refractivity contribution in [3.8, 4) is 11.5 Å². The minimum absolute atomic E-state index is 0.0436. The van der Waals surface area contributed by atoms with Gasteiger partial charge >= 0.3 is 0 Å². The molecule has 2 aliphatic rings. The van der Waals surface area contributed by atoms with Crippen molar-refractivity contribution in [3.63, 3.8) is 0 Å². The molecule has 3 atom stereocenters. The van der Waals surface area contributed by atoms with Crippen molar-refractivity contribution in [1.82, 2.24) is 5.32 Å². The minimum atomic E-state index is -0.271. The lowest BCUT2D eigenvalue weighted by atomic mass is 9.73. The predicted octanol–water partition coefficient (Wildman–Crippen LogP) is 5.66. The van der Waals surface area contributed by atoms with Crippen molar-refractivity contribution in [2.24, 2.45) is 0 Å². The Balaban J connectivity index is 1.62. The van der Waals surface area contributed by atoms with E-state index in [4.69, 9.17) is 9.47 Å². The number of carbonyl (C=O) groups excluding carboxylic acids is 2. The van der Waals surface area contributed by atoms with Gasteiger partial charge < -0.3 is 14.8 Å². The van der Waals surface area contributed by atoms with Crippen LogP contribution in [0.5, 0.6) is 11.5 Å². The van der Waals surface area contributed by atoms with Crippen molar-refractivity contribution < 1.29 is 19.1 Å². The van der Waals surface area contributed by atoms with Crippen LogP contribution >= 0.6 is 0 Å². The van der Waals surface area contributed by atoms with E-state index in [0.29, 0.717) is 19.4 Å². The van der Waals surface area contributed by atoms with Gasteiger partial charge in [-0.15, -0.1) is 0 Å². The van der Waals surface area contributed by atoms with Gasteiger partial charge in [0.25, 0.3) is 0 Å². The molecule has 1 heterocycles. The van der Waals surface area contributed by atoms with Crippen LogP contribution in [0.25, 0.3) is 0 Å². The predicted molar refractivity (Wildman–Crippen MR) is 129 cm³/mol. The average molecular weight is 448 g/mol. The Morgan fingerprint density at radius 1 is 1.00 bits per heavy atom. The highest BCUT2D eigenvalue weighted by molar-refractivity contribution is 6.02. The number of nitrogens with one attached hydrogen (secondary N) is 1. The van der Waals surface area contributed by atoms with Crippen molar-refractivity contribution in [1.29, 1.82) is 0 Å². The third-order valence-corrected chi connectivity index (χ3v) is 6.56. The first-order valence-corrected chi connectivity index (χ1v) is 12.0. The smallest absolute Gasteiger partial charge is 0.225 e. The maximum absolute atomic E-state index is 13.4. The molecule has 1 N–H and O–H groups in total. The van der Waals surface area contributed by atoms with E-state index in [0.717, 1.165) is 46.7 Å². The molecule has 174 valence electrons. The zero-order chi connectivity index (χ0) is 23.4. The van der Waals surface area contributed by atoms with Crippen LogP contribution in [0.4, 0.5) is 0 Å². The van der Waals surface area contributed by atoms with E-state index in [2.05, 4.69) is 19.2 Å². The summed E-state index contributed by atoms with van der Waals surface area (Å²) >= 11 is 0. The number of Topliss-reactive ketones (excluding diaryl/α,β-unsaturated/α-hetero) is 1. The quantitative estimate of drug-likeness (QED) is 0.567. The number of hydrogen-bond acceptors (Lipinski definition) is 4. The highest BCUT2D eigenvalue weighted by Gasteiger charge is 2.39. The van der Waals surface area contributed by atoms with E-state index in [9.17, 15) is 9.59 Å². The van der Waals surface area contributed by atoms with E-state index in [-0.39, 0.29) is 36.1 Å². The summed E-state index contributed by atoms with van der Waals surface area (Å²) in [6.07, 6.45) is 3.26. The lowest BCUT2D eigenvalue weighted by Gasteiger charge is -2.35. The minimum Gasteiger partial charge on any atom is -0.494 e. The fraction of sp³-hybridized carbons (Fsp3) is 0.429. The fourth-order valence-corrected chi connectivity index (χ4v) is 4.69. The number of benzene rings is 2. The molecule has 5 heteroatoms. The SMILES string of the molecule is CCCOc1ccc(C2CC(=O)C3=C(C2)NC(=O)CC3c2ccccc2OC(C)CC)cc1. The average Bonchev–Trinajstić information content (AvgIpc) is 2.82. The third-order valence-electron chi connectivity index (χ3n) is 6.56. The number of rotatable bonds is 8. The second-order valence-corrected chi connectivity index (χ2v) is 9.02. The third kappa shape index (κ3) is 5.13. The summed E-state index contributed by atoms with van der Waals surface area (Å²) in [6, 6.07) is 15.8. The molecule has 4 rings (SSSR count). The van der Waals surface area contributed by atoms with Crippen LogP contribution in [-0.4, -0.2) is 24.4 Å². The van der Waals surface area contributed by atoms with Crippen LogP contribution in [0.2, 0.25) is 0 Å². The first-order valence-electron chi connectivity index (χ1n) is 12.0. The fourth-order valence-electron chi connectivity index (χ4n) is 4.69. The number of hydrogen-bond donors (Lipinski definition) is 1. The van der Waals surface area contributed by atoms with Crippen LogP contribution in [0.3, 0.4) is 0 Å². The van der Waals surface area contributed by atoms with Gasteiger partial charge in [-0.25, -0.2) is 0 Å². The van der Waals surface area contributed by atoms with E-state index < -0.39 is 0 Å². The van der Waals surface area contributed by atoms with E-state index >= 15 is 0 Å². The zero-order valence-electron chi connectivity index (χ0n) is 19.7. The van der Waals surface area contributed by atoms with Gasteiger partial charge in [0.2, 0.25) is 5.91 Å². The second-order valence-electron chi connectivity index (χ2n) is 9.02. The molecule has 0 spiro atoms. The number of ketones is 1. The molecular weight excluding hydrogens is 414 g/mol. The Bertz CT molecular complexity index is 1040. The van der Waals surface area contributed by atoms with E-state index in [1.807, 2.05) is 55.5 Å². The van der Waals surface area contributed by atoms with Gasteiger partial charge in [0.05, 0.1) is 12.7 Å². The Labute approximate surface area is 196 Å². The van der Waals surface area contributed by atoms with Crippen molar-refractivity contribution >= 4 is 11.7 Å². The van der Waals surface area contributed by atoms with Gasteiger partial charge in [-0.1, -0.05) is 44.2 Å². The van der Waals surface area contributed by atoms with Crippen LogP contribution in [-0.2, 0) is 9.59 Å². The summed E-state index contributed by atoms with van der Waals surface area (Å²) < 4.78 is 11.8. The number of carbonyl (C=O) groups is 2. The molecule has 5 nitrogen and oxygen atoms in total. The van der Waals surface area contributed by atoms with Crippen LogP contribution in [0.1, 0.15) is 75.8 Å². The molecular formula is C28H33NO4. The van der Waals surface area contributed by atoms with Gasteiger partial charge in [-0.2, -0.15) is 0 Å². The molecule has 3 unspecified atom stereocenters. The highest BCUT2D eigenvalue weighted by Crippen LogP contribution is 2.44. The van der Waals surface area contributed by atoms with Gasteiger partial charge in [0.15, 0.2) is 5.78 Å². The number of allylic oxidation sites excluding steroid dienone is 2. The molecule has 0 saturated carbocycles. The Hall–Kier alpha value is -3.08. The summed E-state index contributed by atoms with van der Waals surface area (Å²) in [7, 11) is 0. The van der Waals surface area contributed by atoms with E-state index in [1.54, 1.807) is 0 Å². The van der Waals surface area contributed by atoms with Gasteiger partial charge in [-0.05, 0) is 55.9 Å². The topological polar surface area (TPSA) is 64.6 Å². The monoisotopic (exact) mass is 447 g/mol.